The maximum absolute atomic E-state index is 11.7. The molecule has 21 heavy (non-hydrogen) atoms. The molecular weight excluding hydrogens is 272 g/mol. The summed E-state index contributed by atoms with van der Waals surface area (Å²) in [5.41, 5.74) is 0. The van der Waals surface area contributed by atoms with E-state index < -0.39 is 17.9 Å². The molecule has 1 atom stereocenters. The summed E-state index contributed by atoms with van der Waals surface area (Å²) in [7, 11) is 0. The van der Waals surface area contributed by atoms with Crippen molar-refractivity contribution in [3.63, 3.8) is 0 Å². The maximum Gasteiger partial charge on any atom is 0.326 e. The van der Waals surface area contributed by atoms with Gasteiger partial charge in [0.2, 0.25) is 11.8 Å². The lowest BCUT2D eigenvalue weighted by Gasteiger charge is -2.14. The second-order valence-corrected chi connectivity index (χ2v) is 6.19. The molecule has 6 heteroatoms. The number of amides is 2. The van der Waals surface area contributed by atoms with Crippen molar-refractivity contribution in [1.82, 2.24) is 10.6 Å². The number of rotatable bonds is 8. The molecule has 2 fully saturated rings. The van der Waals surface area contributed by atoms with Crippen LogP contribution in [-0.4, -0.2) is 35.5 Å². The molecule has 0 aliphatic heterocycles. The topological polar surface area (TPSA) is 95.5 Å². The van der Waals surface area contributed by atoms with E-state index in [1.165, 1.54) is 25.7 Å². The molecule has 2 amide bonds. The van der Waals surface area contributed by atoms with Gasteiger partial charge >= 0.3 is 5.97 Å². The fraction of sp³-hybridized carbons (Fsp3) is 0.800. The van der Waals surface area contributed by atoms with Crippen LogP contribution in [0.25, 0.3) is 0 Å². The first-order valence-electron chi connectivity index (χ1n) is 7.85. The minimum Gasteiger partial charge on any atom is -0.480 e. The van der Waals surface area contributed by atoms with Gasteiger partial charge in [-0.3, -0.25) is 9.59 Å². The molecule has 0 spiro atoms. The van der Waals surface area contributed by atoms with Crippen LogP contribution in [0.5, 0.6) is 0 Å². The molecule has 2 aliphatic carbocycles. The average Bonchev–Trinajstić information content (AvgIpc) is 3.15. The third kappa shape index (κ3) is 5.36. The lowest BCUT2D eigenvalue weighted by atomic mass is 10.0. The van der Waals surface area contributed by atoms with Crippen molar-refractivity contribution in [3.05, 3.63) is 0 Å². The van der Waals surface area contributed by atoms with Crippen LogP contribution < -0.4 is 10.6 Å². The Hall–Kier alpha value is -1.59. The predicted molar refractivity (Wildman–Crippen MR) is 76.5 cm³/mol. The minimum absolute atomic E-state index is 0.0459. The Morgan fingerprint density at radius 2 is 1.71 bits per heavy atom. The molecule has 2 saturated carbocycles. The van der Waals surface area contributed by atoms with E-state index in [4.69, 9.17) is 5.11 Å². The molecule has 2 aliphatic rings. The fourth-order valence-electron chi connectivity index (χ4n) is 2.94. The summed E-state index contributed by atoms with van der Waals surface area (Å²) in [4.78, 5) is 34.3. The normalized spacial score (nSPS) is 20.0. The SMILES string of the molecule is O=C(CCC1CCCC1)NCC(=O)NC(C(=O)O)C1CC1. The van der Waals surface area contributed by atoms with Crippen LogP contribution in [0.2, 0.25) is 0 Å². The van der Waals surface area contributed by atoms with Crippen LogP contribution in [0.15, 0.2) is 0 Å². The van der Waals surface area contributed by atoms with Crippen LogP contribution in [0, 0.1) is 11.8 Å². The predicted octanol–water partition coefficient (Wildman–Crippen LogP) is 1.05. The van der Waals surface area contributed by atoms with Gasteiger partial charge in [-0.05, 0) is 31.1 Å². The molecule has 6 nitrogen and oxygen atoms in total. The summed E-state index contributed by atoms with van der Waals surface area (Å²) in [6.45, 7) is -0.139. The van der Waals surface area contributed by atoms with Gasteiger partial charge in [0.25, 0.3) is 0 Å². The smallest absolute Gasteiger partial charge is 0.326 e. The zero-order valence-electron chi connectivity index (χ0n) is 12.3. The van der Waals surface area contributed by atoms with E-state index in [2.05, 4.69) is 10.6 Å². The Balaban J connectivity index is 1.61. The Kier molecular flexibility index (Phi) is 5.59. The van der Waals surface area contributed by atoms with E-state index in [1.54, 1.807) is 0 Å². The highest BCUT2D eigenvalue weighted by Gasteiger charge is 2.37. The van der Waals surface area contributed by atoms with Gasteiger partial charge in [-0.25, -0.2) is 4.79 Å². The summed E-state index contributed by atoms with van der Waals surface area (Å²) >= 11 is 0. The maximum atomic E-state index is 11.7. The van der Waals surface area contributed by atoms with Crippen molar-refractivity contribution >= 4 is 17.8 Å². The zero-order valence-corrected chi connectivity index (χ0v) is 12.3. The Morgan fingerprint density at radius 3 is 2.29 bits per heavy atom. The van der Waals surface area contributed by atoms with Gasteiger partial charge in [0.05, 0.1) is 6.54 Å². The number of carbonyl (C=O) groups excluding carboxylic acids is 2. The molecule has 0 aromatic rings. The van der Waals surface area contributed by atoms with E-state index in [0.717, 1.165) is 19.3 Å². The van der Waals surface area contributed by atoms with E-state index in [0.29, 0.717) is 12.3 Å². The highest BCUT2D eigenvalue weighted by Crippen LogP contribution is 2.32. The van der Waals surface area contributed by atoms with Crippen LogP contribution in [-0.2, 0) is 14.4 Å². The standard InChI is InChI=1S/C15H24N2O4/c18-12(8-5-10-3-1-2-4-10)16-9-13(19)17-14(15(20)21)11-6-7-11/h10-11,14H,1-9H2,(H,16,18)(H,17,19)(H,20,21). The van der Waals surface area contributed by atoms with Gasteiger partial charge in [0.15, 0.2) is 0 Å². The Labute approximate surface area is 124 Å². The van der Waals surface area contributed by atoms with Gasteiger partial charge < -0.3 is 15.7 Å². The summed E-state index contributed by atoms with van der Waals surface area (Å²) in [6, 6.07) is -0.812. The molecule has 0 heterocycles. The van der Waals surface area contributed by atoms with Gasteiger partial charge in [-0.1, -0.05) is 25.7 Å². The van der Waals surface area contributed by atoms with Crippen LogP contribution >= 0.6 is 0 Å². The van der Waals surface area contributed by atoms with Crippen molar-refractivity contribution in [2.75, 3.05) is 6.54 Å². The summed E-state index contributed by atoms with van der Waals surface area (Å²) in [6.07, 6.45) is 7.93. The second-order valence-electron chi connectivity index (χ2n) is 6.19. The van der Waals surface area contributed by atoms with E-state index in [-0.39, 0.29) is 18.4 Å². The number of nitrogens with one attached hydrogen (secondary N) is 2. The van der Waals surface area contributed by atoms with Crippen molar-refractivity contribution in [1.29, 1.82) is 0 Å². The highest BCUT2D eigenvalue weighted by atomic mass is 16.4. The first-order chi connectivity index (χ1) is 10.1. The summed E-state index contributed by atoms with van der Waals surface area (Å²) in [5.74, 6) is -0.863. The monoisotopic (exact) mass is 296 g/mol. The lowest BCUT2D eigenvalue weighted by Crippen LogP contribution is -2.46. The molecule has 0 aromatic carbocycles. The number of hydrogen-bond acceptors (Lipinski definition) is 3. The lowest BCUT2D eigenvalue weighted by molar-refractivity contribution is -0.142. The van der Waals surface area contributed by atoms with Crippen molar-refractivity contribution in [3.8, 4) is 0 Å². The molecule has 118 valence electrons. The first kappa shape index (κ1) is 15.8. The molecule has 3 N–H and O–H groups in total. The van der Waals surface area contributed by atoms with E-state index in [9.17, 15) is 14.4 Å². The molecular formula is C15H24N2O4. The van der Waals surface area contributed by atoms with E-state index in [1.807, 2.05) is 0 Å². The highest BCUT2D eigenvalue weighted by molar-refractivity contribution is 5.88. The van der Waals surface area contributed by atoms with Gasteiger partial charge in [-0.15, -0.1) is 0 Å². The van der Waals surface area contributed by atoms with Crippen molar-refractivity contribution in [2.45, 2.75) is 57.4 Å². The molecule has 0 bridgehead atoms. The quantitative estimate of drug-likeness (QED) is 0.624. The molecule has 0 radical (unpaired) electrons. The second kappa shape index (κ2) is 7.43. The van der Waals surface area contributed by atoms with Gasteiger partial charge in [-0.2, -0.15) is 0 Å². The summed E-state index contributed by atoms with van der Waals surface area (Å²) < 4.78 is 0. The minimum atomic E-state index is -1.00. The van der Waals surface area contributed by atoms with Crippen LogP contribution in [0.4, 0.5) is 0 Å². The average molecular weight is 296 g/mol. The third-order valence-corrected chi connectivity index (χ3v) is 4.38. The largest absolute Gasteiger partial charge is 0.480 e. The number of carboxylic acid groups (broad SMARTS) is 1. The first-order valence-corrected chi connectivity index (χ1v) is 7.85. The molecule has 1 unspecified atom stereocenters. The summed E-state index contributed by atoms with van der Waals surface area (Å²) in [5, 5.41) is 14.1. The van der Waals surface area contributed by atoms with Gasteiger partial charge in [0.1, 0.15) is 6.04 Å². The van der Waals surface area contributed by atoms with Gasteiger partial charge in [0, 0.05) is 6.42 Å². The molecule has 0 aromatic heterocycles. The van der Waals surface area contributed by atoms with Crippen LogP contribution in [0.1, 0.15) is 51.4 Å². The Bertz CT molecular complexity index is 400. The van der Waals surface area contributed by atoms with Crippen LogP contribution in [0.3, 0.4) is 0 Å². The number of carbonyl (C=O) groups is 3. The molecule has 0 saturated heterocycles. The van der Waals surface area contributed by atoms with Crippen molar-refractivity contribution in [2.24, 2.45) is 11.8 Å². The zero-order chi connectivity index (χ0) is 15.2. The molecule has 2 rings (SSSR count). The van der Waals surface area contributed by atoms with Crippen molar-refractivity contribution < 1.29 is 19.5 Å². The third-order valence-electron chi connectivity index (χ3n) is 4.38. The number of hydrogen-bond donors (Lipinski definition) is 3. The van der Waals surface area contributed by atoms with E-state index >= 15 is 0 Å². The number of carboxylic acids is 1. The number of aliphatic carboxylic acids is 1. The fourth-order valence-corrected chi connectivity index (χ4v) is 2.94. The Morgan fingerprint density at radius 1 is 1.05 bits per heavy atom.